The number of aliphatic imine (C=N–C) groups is 2. The third kappa shape index (κ3) is 6.82. The van der Waals surface area contributed by atoms with E-state index in [2.05, 4.69) is 25.6 Å². The molecule has 5 aliphatic rings. The van der Waals surface area contributed by atoms with Crippen LogP contribution < -0.4 is 0 Å². The summed E-state index contributed by atoms with van der Waals surface area (Å²) in [6, 6.07) is 0. The van der Waals surface area contributed by atoms with Crippen molar-refractivity contribution in [3.05, 3.63) is 24.3 Å². The number of hydrogen-bond acceptors (Lipinski definition) is 6. The van der Waals surface area contributed by atoms with Crippen LogP contribution in [-0.4, -0.2) is 62.5 Å². The van der Waals surface area contributed by atoms with Gasteiger partial charge in [0.2, 0.25) is 0 Å². The highest BCUT2D eigenvalue weighted by atomic mass is 16.7. The molecular formula is C34H54N2O4. The average molecular weight is 555 g/mol. The standard InChI is InChI=1S/C34H54N2O4/c1-25-11-15-33(27(19-25)29-21-37-31(3,4)39-29)13-7-9-18-36-24-34(14-8-10-17-35-23-33)16-12-26(2)20-28(34)30-22-38-32(5,6)40-30/h23-24,27-30H,1-2,7-22H2,3-6H3/t27-,28-,29+,30+,33-,34-/m1/s1. The van der Waals surface area contributed by atoms with Crippen LogP contribution in [0, 0.1) is 22.7 Å². The maximum Gasteiger partial charge on any atom is 0.163 e. The normalized spacial score (nSPS) is 41.0. The van der Waals surface area contributed by atoms with Gasteiger partial charge in [-0.05, 0) is 91.9 Å². The van der Waals surface area contributed by atoms with Crippen LogP contribution in [0.3, 0.4) is 0 Å². The Morgan fingerprint density at radius 3 is 1.45 bits per heavy atom. The third-order valence-corrected chi connectivity index (χ3v) is 10.4. The van der Waals surface area contributed by atoms with Crippen molar-refractivity contribution in [1.82, 2.24) is 0 Å². The molecule has 224 valence electrons. The molecule has 0 aromatic carbocycles. The molecule has 2 aliphatic carbocycles. The lowest BCUT2D eigenvalue weighted by atomic mass is 9.61. The molecule has 0 amide bonds. The third-order valence-electron chi connectivity index (χ3n) is 10.4. The molecule has 5 rings (SSSR count). The Morgan fingerprint density at radius 1 is 0.650 bits per heavy atom. The molecule has 0 unspecified atom stereocenters. The lowest BCUT2D eigenvalue weighted by Crippen LogP contribution is -2.44. The smallest absolute Gasteiger partial charge is 0.163 e. The van der Waals surface area contributed by atoms with Crippen molar-refractivity contribution in [1.29, 1.82) is 0 Å². The van der Waals surface area contributed by atoms with Crippen LogP contribution in [0.1, 0.15) is 105 Å². The van der Waals surface area contributed by atoms with E-state index in [9.17, 15) is 0 Å². The monoisotopic (exact) mass is 554 g/mol. The predicted molar refractivity (Wildman–Crippen MR) is 162 cm³/mol. The van der Waals surface area contributed by atoms with Crippen LogP contribution in [0.4, 0.5) is 0 Å². The van der Waals surface area contributed by atoms with E-state index < -0.39 is 11.6 Å². The van der Waals surface area contributed by atoms with Gasteiger partial charge >= 0.3 is 0 Å². The van der Waals surface area contributed by atoms with Crippen molar-refractivity contribution >= 4 is 12.4 Å². The predicted octanol–water partition coefficient (Wildman–Crippen LogP) is 7.47. The van der Waals surface area contributed by atoms with Crippen LogP contribution >= 0.6 is 0 Å². The van der Waals surface area contributed by atoms with Crippen LogP contribution in [-0.2, 0) is 18.9 Å². The van der Waals surface area contributed by atoms with Gasteiger partial charge in [0, 0.05) is 48.2 Å². The zero-order valence-corrected chi connectivity index (χ0v) is 25.7. The lowest BCUT2D eigenvalue weighted by molar-refractivity contribution is -0.150. The first-order chi connectivity index (χ1) is 19.0. The Balaban J connectivity index is 1.31. The van der Waals surface area contributed by atoms with E-state index in [0.29, 0.717) is 25.0 Å². The minimum absolute atomic E-state index is 0.0478. The molecule has 0 aromatic heterocycles. The Bertz CT molecular complexity index is 908. The second-order valence-electron chi connectivity index (χ2n) is 14.3. The molecule has 0 radical (unpaired) electrons. The number of nitrogens with zero attached hydrogens (tertiary/aromatic N) is 2. The zero-order chi connectivity index (χ0) is 28.4. The lowest BCUT2D eigenvalue weighted by Gasteiger charge is -2.45. The molecule has 0 N–H and O–H groups in total. The Kier molecular flexibility index (Phi) is 9.12. The molecule has 3 heterocycles. The molecule has 6 nitrogen and oxygen atoms in total. The van der Waals surface area contributed by atoms with Crippen molar-refractivity contribution in [2.45, 2.75) is 129 Å². The van der Waals surface area contributed by atoms with Gasteiger partial charge in [-0.3, -0.25) is 9.98 Å². The van der Waals surface area contributed by atoms with Crippen LogP contribution in [0.15, 0.2) is 34.3 Å². The summed E-state index contributed by atoms with van der Waals surface area (Å²) < 4.78 is 24.9. The van der Waals surface area contributed by atoms with Crippen LogP contribution in [0.25, 0.3) is 0 Å². The van der Waals surface area contributed by atoms with Gasteiger partial charge in [-0.1, -0.05) is 37.1 Å². The minimum Gasteiger partial charge on any atom is -0.348 e. The minimum atomic E-state index is -0.511. The molecule has 2 saturated heterocycles. The highest BCUT2D eigenvalue weighted by Gasteiger charge is 2.50. The molecule has 0 bridgehead atoms. The first-order valence-electron chi connectivity index (χ1n) is 16.0. The summed E-state index contributed by atoms with van der Waals surface area (Å²) in [6.07, 6.45) is 18.0. The Labute approximate surface area is 243 Å². The van der Waals surface area contributed by atoms with Gasteiger partial charge in [0.25, 0.3) is 0 Å². The van der Waals surface area contributed by atoms with E-state index in [0.717, 1.165) is 90.1 Å². The first-order valence-corrected chi connectivity index (χ1v) is 16.0. The van der Waals surface area contributed by atoms with Crippen LogP contribution in [0.5, 0.6) is 0 Å². The first kappa shape index (κ1) is 30.1. The van der Waals surface area contributed by atoms with Gasteiger partial charge in [-0.25, -0.2) is 0 Å². The fourth-order valence-corrected chi connectivity index (χ4v) is 8.13. The van der Waals surface area contributed by atoms with Gasteiger partial charge < -0.3 is 18.9 Å². The topological polar surface area (TPSA) is 61.6 Å². The van der Waals surface area contributed by atoms with E-state index in [1.54, 1.807) is 0 Å². The van der Waals surface area contributed by atoms with E-state index in [4.69, 9.17) is 28.9 Å². The van der Waals surface area contributed by atoms with Gasteiger partial charge in [0.15, 0.2) is 11.6 Å². The molecule has 3 aliphatic heterocycles. The number of ether oxygens (including phenoxy) is 4. The summed E-state index contributed by atoms with van der Waals surface area (Å²) in [5.41, 5.74) is 2.78. The van der Waals surface area contributed by atoms with Crippen LogP contribution in [0.2, 0.25) is 0 Å². The van der Waals surface area contributed by atoms with Crippen molar-refractivity contribution < 1.29 is 18.9 Å². The van der Waals surface area contributed by atoms with Gasteiger partial charge in [0.1, 0.15) is 0 Å². The van der Waals surface area contributed by atoms with Gasteiger partial charge in [-0.2, -0.15) is 0 Å². The van der Waals surface area contributed by atoms with Gasteiger partial charge in [-0.15, -0.1) is 0 Å². The summed E-state index contributed by atoms with van der Waals surface area (Å²) in [6.45, 7) is 20.0. The zero-order valence-electron chi connectivity index (χ0n) is 25.7. The van der Waals surface area contributed by atoms with Crippen molar-refractivity contribution in [2.75, 3.05) is 26.3 Å². The molecule has 2 saturated carbocycles. The Hall–Kier alpha value is -1.34. The summed E-state index contributed by atoms with van der Waals surface area (Å²) in [7, 11) is 0. The van der Waals surface area contributed by atoms with E-state index in [-0.39, 0.29) is 23.0 Å². The summed E-state index contributed by atoms with van der Waals surface area (Å²) >= 11 is 0. The number of hydrogen-bond donors (Lipinski definition) is 0. The van der Waals surface area contributed by atoms with Crippen molar-refractivity contribution in [3.8, 4) is 0 Å². The number of allylic oxidation sites excluding steroid dienone is 2. The highest BCUT2D eigenvalue weighted by Crippen LogP contribution is 2.51. The van der Waals surface area contributed by atoms with E-state index in [1.807, 2.05) is 27.7 Å². The molecule has 4 fully saturated rings. The highest BCUT2D eigenvalue weighted by molar-refractivity contribution is 5.68. The molecule has 0 aromatic rings. The van der Waals surface area contributed by atoms with Crippen molar-refractivity contribution in [3.63, 3.8) is 0 Å². The Morgan fingerprint density at radius 2 is 1.07 bits per heavy atom. The second-order valence-corrected chi connectivity index (χ2v) is 14.3. The largest absolute Gasteiger partial charge is 0.348 e. The molecule has 40 heavy (non-hydrogen) atoms. The summed E-state index contributed by atoms with van der Waals surface area (Å²) in [5, 5.41) is 0. The van der Waals surface area contributed by atoms with Gasteiger partial charge in [0.05, 0.1) is 25.4 Å². The summed E-state index contributed by atoms with van der Waals surface area (Å²) in [5.74, 6) is -0.285. The molecular weight excluding hydrogens is 500 g/mol. The average Bonchev–Trinajstić information content (AvgIpc) is 3.46. The fraction of sp³-hybridized carbons (Fsp3) is 0.824. The maximum absolute atomic E-state index is 6.44. The molecule has 2 spiro atoms. The fourth-order valence-electron chi connectivity index (χ4n) is 8.13. The SMILES string of the molecule is C=C1CC[C@]2(C=NCCCC[C@]3(C=NCCCC2)CCC(=C)C[C@@H]3[C@@H]2COC(C)(C)O2)[C@@H]([C@@H]2COC(C)(C)O2)C1. The number of rotatable bonds is 2. The second kappa shape index (κ2) is 12.1. The summed E-state index contributed by atoms with van der Waals surface area (Å²) in [4.78, 5) is 10.3. The molecule has 6 heteroatoms. The molecule has 6 atom stereocenters. The van der Waals surface area contributed by atoms with E-state index >= 15 is 0 Å². The van der Waals surface area contributed by atoms with Crippen molar-refractivity contribution in [2.24, 2.45) is 32.7 Å². The van der Waals surface area contributed by atoms with E-state index in [1.165, 1.54) is 11.1 Å². The quantitative estimate of drug-likeness (QED) is 0.332. The maximum atomic E-state index is 6.44.